The van der Waals surface area contributed by atoms with Crippen molar-refractivity contribution in [3.05, 3.63) is 59.2 Å². The fraction of sp³-hybridized carbons (Fsp3) is 0. The van der Waals surface area contributed by atoms with Gasteiger partial charge in [-0.3, -0.25) is 0 Å². The van der Waals surface area contributed by atoms with E-state index in [-0.39, 0.29) is 5.82 Å². The van der Waals surface area contributed by atoms with E-state index in [0.717, 1.165) is 21.2 Å². The van der Waals surface area contributed by atoms with Crippen LogP contribution in [0.5, 0.6) is 0 Å². The van der Waals surface area contributed by atoms with Gasteiger partial charge in [-0.25, -0.2) is 9.18 Å². The smallest absolute Gasteiger partial charge is 0.345 e. The van der Waals surface area contributed by atoms with Crippen LogP contribution in [0.15, 0.2) is 48.5 Å². The summed E-state index contributed by atoms with van der Waals surface area (Å²) >= 11 is 1.25. The summed E-state index contributed by atoms with van der Waals surface area (Å²) in [5, 5.41) is 9.86. The zero-order chi connectivity index (χ0) is 13.4. The molecule has 0 spiro atoms. The molecule has 0 unspecified atom stereocenters. The standard InChI is InChI=1S/C15H9FO2S/c16-12-4-1-9(2-5-12)10-3-6-13-11(7-10)8-14(19-13)15(17)18/h1-8H,(H,17,18). The predicted octanol–water partition coefficient (Wildman–Crippen LogP) is 4.41. The number of fused-ring (bicyclic) bond motifs is 1. The molecule has 0 saturated carbocycles. The number of hydrogen-bond acceptors (Lipinski definition) is 2. The van der Waals surface area contributed by atoms with Gasteiger partial charge in [0.15, 0.2) is 0 Å². The molecular weight excluding hydrogens is 263 g/mol. The van der Waals surface area contributed by atoms with Gasteiger partial charge in [0.05, 0.1) is 0 Å². The highest BCUT2D eigenvalue weighted by molar-refractivity contribution is 7.20. The minimum atomic E-state index is -0.912. The molecule has 1 aromatic heterocycles. The average Bonchev–Trinajstić information content (AvgIpc) is 2.82. The van der Waals surface area contributed by atoms with Crippen molar-refractivity contribution in [3.8, 4) is 11.1 Å². The first-order valence-electron chi connectivity index (χ1n) is 5.66. The van der Waals surface area contributed by atoms with Crippen molar-refractivity contribution in [2.45, 2.75) is 0 Å². The molecule has 0 atom stereocenters. The van der Waals surface area contributed by atoms with Crippen LogP contribution in [0.3, 0.4) is 0 Å². The van der Waals surface area contributed by atoms with E-state index in [1.54, 1.807) is 18.2 Å². The predicted molar refractivity (Wildman–Crippen MR) is 74.2 cm³/mol. The van der Waals surface area contributed by atoms with Gasteiger partial charge in [0.2, 0.25) is 0 Å². The zero-order valence-corrected chi connectivity index (χ0v) is 10.6. The summed E-state index contributed by atoms with van der Waals surface area (Å²) in [7, 11) is 0. The molecule has 2 aromatic carbocycles. The third-order valence-corrected chi connectivity index (χ3v) is 4.01. The van der Waals surface area contributed by atoms with E-state index in [1.807, 2.05) is 18.2 Å². The molecule has 94 valence electrons. The van der Waals surface area contributed by atoms with Crippen LogP contribution < -0.4 is 0 Å². The topological polar surface area (TPSA) is 37.3 Å². The summed E-state index contributed by atoms with van der Waals surface area (Å²) in [5.74, 6) is -1.18. The number of carboxylic acids is 1. The van der Waals surface area contributed by atoms with Gasteiger partial charge in [0, 0.05) is 4.70 Å². The van der Waals surface area contributed by atoms with Gasteiger partial charge in [0.1, 0.15) is 10.7 Å². The molecule has 1 heterocycles. The second-order valence-corrected chi connectivity index (χ2v) is 5.26. The maximum atomic E-state index is 12.9. The Bertz CT molecular complexity index is 759. The molecule has 19 heavy (non-hydrogen) atoms. The Morgan fingerprint density at radius 3 is 2.37 bits per heavy atom. The Morgan fingerprint density at radius 2 is 1.68 bits per heavy atom. The molecule has 0 amide bonds. The summed E-state index contributed by atoms with van der Waals surface area (Å²) in [6, 6.07) is 13.6. The van der Waals surface area contributed by atoms with E-state index < -0.39 is 5.97 Å². The molecule has 0 aliphatic heterocycles. The molecule has 0 radical (unpaired) electrons. The molecule has 1 N–H and O–H groups in total. The molecule has 0 saturated heterocycles. The van der Waals surface area contributed by atoms with Crippen LogP contribution in [0.25, 0.3) is 21.2 Å². The molecule has 3 aromatic rings. The lowest BCUT2D eigenvalue weighted by Crippen LogP contribution is -1.89. The number of aromatic carboxylic acids is 1. The zero-order valence-electron chi connectivity index (χ0n) is 9.76. The average molecular weight is 272 g/mol. The molecular formula is C15H9FO2S. The number of carbonyl (C=O) groups is 1. The minimum Gasteiger partial charge on any atom is -0.477 e. The van der Waals surface area contributed by atoms with Gasteiger partial charge >= 0.3 is 5.97 Å². The fourth-order valence-electron chi connectivity index (χ4n) is 1.97. The van der Waals surface area contributed by atoms with E-state index in [4.69, 9.17) is 5.11 Å². The Labute approximate surface area is 112 Å². The summed E-state index contributed by atoms with van der Waals surface area (Å²) < 4.78 is 13.8. The van der Waals surface area contributed by atoms with Crippen molar-refractivity contribution in [3.63, 3.8) is 0 Å². The maximum absolute atomic E-state index is 12.9. The van der Waals surface area contributed by atoms with Gasteiger partial charge in [-0.05, 0) is 46.8 Å². The highest BCUT2D eigenvalue weighted by Gasteiger charge is 2.09. The van der Waals surface area contributed by atoms with E-state index in [2.05, 4.69) is 0 Å². The Kier molecular flexibility index (Phi) is 2.80. The quantitative estimate of drug-likeness (QED) is 0.750. The van der Waals surface area contributed by atoms with Crippen LogP contribution in [0, 0.1) is 5.82 Å². The van der Waals surface area contributed by atoms with Crippen molar-refractivity contribution in [1.29, 1.82) is 0 Å². The first kappa shape index (κ1) is 11.9. The molecule has 0 aliphatic rings. The molecule has 0 fully saturated rings. The molecule has 4 heteroatoms. The number of rotatable bonds is 2. The third-order valence-electron chi connectivity index (χ3n) is 2.90. The van der Waals surface area contributed by atoms with Crippen molar-refractivity contribution in [1.82, 2.24) is 0 Å². The summed E-state index contributed by atoms with van der Waals surface area (Å²) in [5.41, 5.74) is 1.86. The number of benzene rings is 2. The van der Waals surface area contributed by atoms with Crippen LogP contribution in [0.2, 0.25) is 0 Å². The highest BCUT2D eigenvalue weighted by atomic mass is 32.1. The van der Waals surface area contributed by atoms with Gasteiger partial charge < -0.3 is 5.11 Å². The van der Waals surface area contributed by atoms with Crippen LogP contribution in [-0.2, 0) is 0 Å². The van der Waals surface area contributed by atoms with Crippen molar-refractivity contribution in [2.75, 3.05) is 0 Å². The molecule has 3 rings (SSSR count). The van der Waals surface area contributed by atoms with Gasteiger partial charge in [-0.1, -0.05) is 18.2 Å². The number of hydrogen-bond donors (Lipinski definition) is 1. The lowest BCUT2D eigenvalue weighted by Gasteiger charge is -2.01. The lowest BCUT2D eigenvalue weighted by molar-refractivity contribution is 0.0702. The highest BCUT2D eigenvalue weighted by Crippen LogP contribution is 2.30. The first-order valence-corrected chi connectivity index (χ1v) is 6.48. The summed E-state index contributed by atoms with van der Waals surface area (Å²) in [6.07, 6.45) is 0. The van der Waals surface area contributed by atoms with Gasteiger partial charge in [0.25, 0.3) is 0 Å². The first-order chi connectivity index (χ1) is 9.13. The number of thiophene rings is 1. The molecule has 0 bridgehead atoms. The van der Waals surface area contributed by atoms with Crippen molar-refractivity contribution < 1.29 is 14.3 Å². The van der Waals surface area contributed by atoms with Crippen LogP contribution in [0.4, 0.5) is 4.39 Å². The lowest BCUT2D eigenvalue weighted by atomic mass is 10.0. The second kappa shape index (κ2) is 4.48. The summed E-state index contributed by atoms with van der Waals surface area (Å²) in [6.45, 7) is 0. The Hall–Kier alpha value is -2.20. The number of carboxylic acid groups (broad SMARTS) is 1. The molecule has 0 aliphatic carbocycles. The Balaban J connectivity index is 2.10. The SMILES string of the molecule is O=C(O)c1cc2cc(-c3ccc(F)cc3)ccc2s1. The fourth-order valence-corrected chi connectivity index (χ4v) is 2.85. The third kappa shape index (κ3) is 2.22. The van der Waals surface area contributed by atoms with E-state index in [9.17, 15) is 9.18 Å². The van der Waals surface area contributed by atoms with Gasteiger partial charge in [-0.2, -0.15) is 0 Å². The maximum Gasteiger partial charge on any atom is 0.345 e. The van der Waals surface area contributed by atoms with Gasteiger partial charge in [-0.15, -0.1) is 11.3 Å². The molecule has 2 nitrogen and oxygen atoms in total. The normalized spacial score (nSPS) is 10.8. The van der Waals surface area contributed by atoms with E-state index in [0.29, 0.717) is 4.88 Å². The summed E-state index contributed by atoms with van der Waals surface area (Å²) in [4.78, 5) is 11.3. The van der Waals surface area contributed by atoms with Crippen LogP contribution in [0.1, 0.15) is 9.67 Å². The monoisotopic (exact) mass is 272 g/mol. The van der Waals surface area contributed by atoms with Crippen LogP contribution >= 0.6 is 11.3 Å². The van der Waals surface area contributed by atoms with E-state index >= 15 is 0 Å². The number of halogens is 1. The van der Waals surface area contributed by atoms with Crippen LogP contribution in [-0.4, -0.2) is 11.1 Å². The van der Waals surface area contributed by atoms with Crippen molar-refractivity contribution >= 4 is 27.4 Å². The van der Waals surface area contributed by atoms with E-state index in [1.165, 1.54) is 23.5 Å². The van der Waals surface area contributed by atoms with Crippen molar-refractivity contribution in [2.24, 2.45) is 0 Å². The second-order valence-electron chi connectivity index (χ2n) is 4.18. The minimum absolute atomic E-state index is 0.270. The largest absolute Gasteiger partial charge is 0.477 e. The Morgan fingerprint density at radius 1 is 1.00 bits per heavy atom.